The first-order valence-corrected chi connectivity index (χ1v) is 5.57. The number of ether oxygens (including phenoxy) is 1. The van der Waals surface area contributed by atoms with Crippen molar-refractivity contribution in [2.24, 2.45) is 0 Å². The van der Waals surface area contributed by atoms with Crippen molar-refractivity contribution in [1.29, 1.82) is 0 Å². The van der Waals surface area contributed by atoms with Gasteiger partial charge in [-0.15, -0.1) is 0 Å². The zero-order valence-electron chi connectivity index (χ0n) is 11.1. The Bertz CT molecular complexity index is 492. The van der Waals surface area contributed by atoms with E-state index in [9.17, 15) is 0 Å². The van der Waals surface area contributed by atoms with Crippen LogP contribution in [0.25, 0.3) is 11.1 Å². The molecule has 0 atom stereocenters. The predicted molar refractivity (Wildman–Crippen MR) is 68.4 cm³/mol. The van der Waals surface area contributed by atoms with Gasteiger partial charge < -0.3 is 4.74 Å². The maximum absolute atomic E-state index is 5.23. The Morgan fingerprint density at radius 3 is 2.12 bits per heavy atom. The van der Waals surface area contributed by atoms with E-state index in [-0.39, 0.29) is 0 Å². The molecular formula is C14H21NO. The van der Waals surface area contributed by atoms with E-state index >= 15 is 0 Å². The molecule has 2 nitrogen and oxygen atoms in total. The van der Waals surface area contributed by atoms with E-state index in [2.05, 4.69) is 39.6 Å². The summed E-state index contributed by atoms with van der Waals surface area (Å²) in [7, 11) is 1.72. The smallest absolute Gasteiger partial charge is 0.0734 e. The fraction of sp³-hybridized carbons (Fsp3) is 0.500. The molecule has 1 aromatic rings. The molecular weight excluding hydrogens is 198 g/mol. The molecule has 1 heterocycles. The van der Waals surface area contributed by atoms with Gasteiger partial charge in [-0.1, -0.05) is 11.1 Å². The monoisotopic (exact) mass is 219 g/mol. The van der Waals surface area contributed by atoms with Gasteiger partial charge in [0.1, 0.15) is 0 Å². The first-order chi connectivity index (χ1) is 7.49. The van der Waals surface area contributed by atoms with Crippen molar-refractivity contribution in [3.63, 3.8) is 0 Å². The van der Waals surface area contributed by atoms with Crippen LogP contribution in [0, 0.1) is 6.92 Å². The summed E-state index contributed by atoms with van der Waals surface area (Å²) in [6.07, 6.45) is 1.92. The Kier molecular flexibility index (Phi) is 4.25. The molecule has 0 saturated heterocycles. The maximum Gasteiger partial charge on any atom is 0.0734 e. The number of pyridine rings is 1. The summed E-state index contributed by atoms with van der Waals surface area (Å²) in [6, 6.07) is 0. The lowest BCUT2D eigenvalue weighted by Gasteiger charge is -2.07. The van der Waals surface area contributed by atoms with Crippen LogP contribution < -0.4 is 10.4 Å². The van der Waals surface area contributed by atoms with Gasteiger partial charge in [-0.2, -0.15) is 0 Å². The minimum Gasteiger partial charge on any atom is -0.380 e. The van der Waals surface area contributed by atoms with Crippen molar-refractivity contribution in [2.75, 3.05) is 7.11 Å². The number of rotatable bonds is 2. The van der Waals surface area contributed by atoms with Crippen molar-refractivity contribution >= 4 is 11.1 Å². The van der Waals surface area contributed by atoms with E-state index < -0.39 is 0 Å². The van der Waals surface area contributed by atoms with Crippen LogP contribution >= 0.6 is 0 Å². The first kappa shape index (κ1) is 12.9. The van der Waals surface area contributed by atoms with Crippen molar-refractivity contribution in [3.05, 3.63) is 27.9 Å². The number of hydrogen-bond acceptors (Lipinski definition) is 2. The number of hydrogen-bond donors (Lipinski definition) is 0. The molecule has 0 unspecified atom stereocenters. The minimum absolute atomic E-state index is 0.619. The third kappa shape index (κ3) is 2.50. The molecule has 0 spiro atoms. The molecule has 2 heteroatoms. The summed E-state index contributed by atoms with van der Waals surface area (Å²) < 4.78 is 5.23. The molecule has 0 radical (unpaired) electrons. The van der Waals surface area contributed by atoms with Crippen LogP contribution in [-0.4, -0.2) is 12.1 Å². The Labute approximate surface area is 97.7 Å². The Balaban J connectivity index is 3.82. The fourth-order valence-corrected chi connectivity index (χ4v) is 2.09. The van der Waals surface area contributed by atoms with E-state index in [1.54, 1.807) is 7.11 Å². The van der Waals surface area contributed by atoms with Crippen LogP contribution in [0.3, 0.4) is 0 Å². The van der Waals surface area contributed by atoms with Gasteiger partial charge in [0.05, 0.1) is 6.61 Å². The van der Waals surface area contributed by atoms with Gasteiger partial charge in [0.25, 0.3) is 0 Å². The van der Waals surface area contributed by atoms with Gasteiger partial charge in [-0.25, -0.2) is 0 Å². The number of aryl methyl sites for hydroxylation is 1. The second-order valence-electron chi connectivity index (χ2n) is 4.55. The van der Waals surface area contributed by atoms with E-state index in [4.69, 9.17) is 4.74 Å². The average molecular weight is 219 g/mol. The highest BCUT2D eigenvalue weighted by Crippen LogP contribution is 1.97. The molecule has 1 aromatic heterocycles. The lowest BCUT2D eigenvalue weighted by Crippen LogP contribution is -2.35. The van der Waals surface area contributed by atoms with Gasteiger partial charge in [0, 0.05) is 29.8 Å². The highest BCUT2D eigenvalue weighted by molar-refractivity contribution is 5.49. The summed E-state index contributed by atoms with van der Waals surface area (Å²) in [5, 5.41) is 2.57. The summed E-state index contributed by atoms with van der Waals surface area (Å²) in [4.78, 5) is 4.45. The minimum atomic E-state index is 0.619. The van der Waals surface area contributed by atoms with E-state index in [1.807, 2.05) is 6.20 Å². The van der Waals surface area contributed by atoms with Gasteiger partial charge in [0.15, 0.2) is 0 Å². The van der Waals surface area contributed by atoms with Crippen molar-refractivity contribution in [1.82, 2.24) is 4.98 Å². The largest absolute Gasteiger partial charge is 0.380 e. The zero-order valence-corrected chi connectivity index (χ0v) is 11.1. The van der Waals surface area contributed by atoms with Crippen molar-refractivity contribution in [3.8, 4) is 0 Å². The molecule has 0 N–H and O–H groups in total. The van der Waals surface area contributed by atoms with Crippen molar-refractivity contribution in [2.45, 2.75) is 41.2 Å². The molecule has 0 fully saturated rings. The molecule has 0 aliphatic carbocycles. The van der Waals surface area contributed by atoms with Crippen LogP contribution in [0.1, 0.15) is 39.0 Å². The van der Waals surface area contributed by atoms with Gasteiger partial charge in [-0.3, -0.25) is 4.98 Å². The van der Waals surface area contributed by atoms with Crippen LogP contribution in [-0.2, 0) is 11.3 Å². The number of aromatic nitrogens is 1. The third-order valence-corrected chi connectivity index (χ3v) is 2.65. The van der Waals surface area contributed by atoms with Gasteiger partial charge in [-0.05, 0) is 39.8 Å². The lowest BCUT2D eigenvalue weighted by atomic mass is 10.0. The first-order valence-electron chi connectivity index (χ1n) is 5.57. The normalized spacial score (nSPS) is 10.4. The van der Waals surface area contributed by atoms with Crippen LogP contribution in [0.4, 0.5) is 0 Å². The summed E-state index contributed by atoms with van der Waals surface area (Å²) in [6.45, 7) is 11.2. The van der Waals surface area contributed by atoms with E-state index in [0.29, 0.717) is 6.61 Å². The molecule has 1 rings (SSSR count). The summed E-state index contributed by atoms with van der Waals surface area (Å²) in [5.41, 5.74) is 4.88. The van der Waals surface area contributed by atoms with Crippen LogP contribution in [0.5, 0.6) is 0 Å². The van der Waals surface area contributed by atoms with Gasteiger partial charge in [0.2, 0.25) is 0 Å². The van der Waals surface area contributed by atoms with E-state index in [1.165, 1.54) is 27.1 Å². The predicted octanol–water partition coefficient (Wildman–Crippen LogP) is 1.92. The number of nitrogens with zero attached hydrogens (tertiary/aromatic N) is 1. The molecule has 0 amide bonds. The standard InChI is InChI=1S/C14H21NO/c1-9(2)13-11(5)15-7-12(8-16-6)14(13)10(3)4/h7H,8H2,1-6H3. The topological polar surface area (TPSA) is 22.1 Å². The van der Waals surface area contributed by atoms with Crippen molar-refractivity contribution < 1.29 is 4.74 Å². The quantitative estimate of drug-likeness (QED) is 0.758. The summed E-state index contributed by atoms with van der Waals surface area (Å²) in [5.74, 6) is 0. The highest BCUT2D eigenvalue weighted by atomic mass is 16.5. The molecule has 0 aromatic carbocycles. The molecule has 0 aliphatic rings. The number of methoxy groups -OCH3 is 1. The summed E-state index contributed by atoms with van der Waals surface area (Å²) >= 11 is 0. The SMILES string of the molecule is COCc1cnc(C)c(=C(C)C)c1=C(C)C. The van der Waals surface area contributed by atoms with Crippen LogP contribution in [0.2, 0.25) is 0 Å². The third-order valence-electron chi connectivity index (χ3n) is 2.65. The molecule has 0 saturated carbocycles. The highest BCUT2D eigenvalue weighted by Gasteiger charge is 2.03. The van der Waals surface area contributed by atoms with Gasteiger partial charge >= 0.3 is 0 Å². The van der Waals surface area contributed by atoms with Crippen LogP contribution in [0.15, 0.2) is 6.20 Å². The molecule has 16 heavy (non-hydrogen) atoms. The lowest BCUT2D eigenvalue weighted by molar-refractivity contribution is 0.184. The Morgan fingerprint density at radius 1 is 1.12 bits per heavy atom. The Hall–Kier alpha value is -1.15. The van der Waals surface area contributed by atoms with E-state index in [0.717, 1.165) is 5.69 Å². The molecule has 0 bridgehead atoms. The molecule has 0 aliphatic heterocycles. The Morgan fingerprint density at radius 2 is 1.69 bits per heavy atom. The zero-order chi connectivity index (χ0) is 12.3. The maximum atomic E-state index is 5.23. The second-order valence-corrected chi connectivity index (χ2v) is 4.55. The molecule has 88 valence electrons. The average Bonchev–Trinajstić information content (AvgIpc) is 2.19. The fourth-order valence-electron chi connectivity index (χ4n) is 2.09. The second kappa shape index (κ2) is 5.26.